The predicted molar refractivity (Wildman–Crippen MR) is 122 cm³/mol. The minimum absolute atomic E-state index is 0.281. The summed E-state index contributed by atoms with van der Waals surface area (Å²) in [5, 5.41) is 13.0. The van der Waals surface area contributed by atoms with Crippen LogP contribution in [-0.2, 0) is 16.5 Å². The molecule has 5 rings (SSSR count). The first kappa shape index (κ1) is 20.6. The number of ether oxygens (including phenoxy) is 2. The van der Waals surface area contributed by atoms with E-state index in [1.54, 1.807) is 18.1 Å². The average Bonchev–Trinajstić information content (AvgIpc) is 3.45. The van der Waals surface area contributed by atoms with Gasteiger partial charge in [0.25, 0.3) is 0 Å². The molecule has 0 radical (unpaired) electrons. The molecule has 9 heteroatoms. The molecule has 1 aromatic carbocycles. The molecule has 3 aromatic heterocycles. The first-order chi connectivity index (χ1) is 15.7. The molecule has 1 aliphatic rings. The molecule has 1 saturated heterocycles. The van der Waals surface area contributed by atoms with Crippen molar-refractivity contribution < 1.29 is 9.47 Å². The van der Waals surface area contributed by atoms with Crippen molar-refractivity contribution in [2.24, 2.45) is 7.05 Å². The highest BCUT2D eigenvalue weighted by Crippen LogP contribution is 2.31. The molecule has 32 heavy (non-hydrogen) atoms. The fourth-order valence-electron chi connectivity index (χ4n) is 4.16. The summed E-state index contributed by atoms with van der Waals surface area (Å²) in [6.07, 6.45) is 7.73. The minimum Gasteiger partial charge on any atom is -0.382 e. The molecule has 0 amide bonds. The van der Waals surface area contributed by atoms with Crippen LogP contribution in [0.25, 0.3) is 33.4 Å². The molecular weight excluding hydrogens is 406 g/mol. The Morgan fingerprint density at radius 2 is 1.97 bits per heavy atom. The average molecular weight is 434 g/mol. The van der Waals surface area contributed by atoms with Gasteiger partial charge < -0.3 is 14.4 Å². The molecule has 4 aromatic rings. The number of anilines is 1. The lowest BCUT2D eigenvalue weighted by molar-refractivity contribution is 0.00604. The summed E-state index contributed by atoms with van der Waals surface area (Å²) in [4.78, 5) is 11.3. The number of hydrogen-bond donors (Lipinski definition) is 1. The first-order valence-electron chi connectivity index (χ1n) is 10.9. The summed E-state index contributed by atoms with van der Waals surface area (Å²) >= 11 is 0. The lowest BCUT2D eigenvalue weighted by Gasteiger charge is -2.32. The lowest BCUT2D eigenvalue weighted by atomic mass is 10.0. The maximum Gasteiger partial charge on any atom is 0.132 e. The van der Waals surface area contributed by atoms with Crippen LogP contribution in [0.4, 0.5) is 5.82 Å². The van der Waals surface area contributed by atoms with E-state index in [1.807, 2.05) is 31.6 Å². The standard InChI is InChI=1S/C23H27N7O2/c1-29-14-17(13-26-29)16-3-4-20-19(11-16)23(28-27-20)21-12-22(25-15-24-21)30-7-5-18(6-8-30)32-10-9-31-2/h3-4,11-15,18H,5-10H2,1-2H3,(H,27,28). The fraction of sp³-hybridized carbons (Fsp3) is 0.391. The van der Waals surface area contributed by atoms with E-state index in [0.29, 0.717) is 13.2 Å². The predicted octanol–water partition coefficient (Wildman–Crippen LogP) is 3.05. The molecule has 0 bridgehead atoms. The van der Waals surface area contributed by atoms with Crippen LogP contribution < -0.4 is 4.90 Å². The Morgan fingerprint density at radius 1 is 1.09 bits per heavy atom. The molecule has 166 valence electrons. The summed E-state index contributed by atoms with van der Waals surface area (Å²) in [6, 6.07) is 8.28. The van der Waals surface area contributed by atoms with Crippen molar-refractivity contribution in [3.63, 3.8) is 0 Å². The van der Waals surface area contributed by atoms with E-state index in [2.05, 4.69) is 42.3 Å². The normalized spacial score (nSPS) is 15.0. The second kappa shape index (κ2) is 9.05. The first-order valence-corrected chi connectivity index (χ1v) is 10.9. The molecule has 0 saturated carbocycles. The van der Waals surface area contributed by atoms with Gasteiger partial charge in [0.15, 0.2) is 0 Å². The third-order valence-corrected chi connectivity index (χ3v) is 5.90. The van der Waals surface area contributed by atoms with Gasteiger partial charge in [-0.15, -0.1) is 0 Å². The van der Waals surface area contributed by atoms with Crippen LogP contribution in [-0.4, -0.2) is 69.5 Å². The van der Waals surface area contributed by atoms with E-state index >= 15 is 0 Å². The van der Waals surface area contributed by atoms with Gasteiger partial charge in [-0.05, 0) is 30.5 Å². The minimum atomic E-state index is 0.281. The largest absolute Gasteiger partial charge is 0.382 e. The number of aromatic nitrogens is 6. The van der Waals surface area contributed by atoms with Crippen molar-refractivity contribution in [2.75, 3.05) is 38.3 Å². The van der Waals surface area contributed by atoms with Crippen LogP contribution in [0.1, 0.15) is 12.8 Å². The van der Waals surface area contributed by atoms with Gasteiger partial charge in [-0.1, -0.05) is 6.07 Å². The Bertz CT molecular complexity index is 1190. The number of nitrogens with one attached hydrogen (secondary N) is 1. The number of fused-ring (bicyclic) bond motifs is 1. The summed E-state index contributed by atoms with van der Waals surface area (Å²) in [5.74, 6) is 0.921. The zero-order chi connectivity index (χ0) is 21.9. The number of rotatable bonds is 7. The Kier molecular flexibility index (Phi) is 5.83. The van der Waals surface area contributed by atoms with E-state index in [0.717, 1.165) is 65.2 Å². The summed E-state index contributed by atoms with van der Waals surface area (Å²) in [5.41, 5.74) is 4.77. The highest BCUT2D eigenvalue weighted by atomic mass is 16.5. The second-order valence-electron chi connectivity index (χ2n) is 8.05. The zero-order valence-corrected chi connectivity index (χ0v) is 18.4. The number of hydrogen-bond acceptors (Lipinski definition) is 7. The molecule has 0 spiro atoms. The molecule has 0 atom stereocenters. The molecule has 9 nitrogen and oxygen atoms in total. The second-order valence-corrected chi connectivity index (χ2v) is 8.05. The monoisotopic (exact) mass is 433 g/mol. The summed E-state index contributed by atoms with van der Waals surface area (Å²) in [6.45, 7) is 3.09. The van der Waals surface area contributed by atoms with E-state index in [9.17, 15) is 0 Å². The van der Waals surface area contributed by atoms with Crippen molar-refractivity contribution in [2.45, 2.75) is 18.9 Å². The number of aromatic amines is 1. The van der Waals surface area contributed by atoms with Gasteiger partial charge in [0.2, 0.25) is 0 Å². The number of benzene rings is 1. The molecule has 0 unspecified atom stereocenters. The van der Waals surface area contributed by atoms with Gasteiger partial charge in [0, 0.05) is 50.5 Å². The van der Waals surface area contributed by atoms with Crippen molar-refractivity contribution >= 4 is 16.7 Å². The fourth-order valence-corrected chi connectivity index (χ4v) is 4.16. The number of piperidine rings is 1. The Morgan fingerprint density at radius 3 is 2.75 bits per heavy atom. The Hall–Kier alpha value is -3.30. The number of nitrogens with zero attached hydrogens (tertiary/aromatic N) is 6. The highest BCUT2D eigenvalue weighted by Gasteiger charge is 2.21. The molecular formula is C23H27N7O2. The molecule has 1 aliphatic heterocycles. The van der Waals surface area contributed by atoms with E-state index in [1.165, 1.54) is 0 Å². The third kappa shape index (κ3) is 4.21. The van der Waals surface area contributed by atoms with Crippen molar-refractivity contribution in [1.29, 1.82) is 0 Å². The van der Waals surface area contributed by atoms with Gasteiger partial charge in [0.1, 0.15) is 17.8 Å². The van der Waals surface area contributed by atoms with Crippen LogP contribution in [0.5, 0.6) is 0 Å². The maximum atomic E-state index is 5.88. The number of aryl methyl sites for hydroxylation is 1. The van der Waals surface area contributed by atoms with E-state index < -0.39 is 0 Å². The molecule has 1 N–H and O–H groups in total. The van der Waals surface area contributed by atoms with Crippen molar-refractivity contribution in [1.82, 2.24) is 29.9 Å². The molecule has 1 fully saturated rings. The lowest BCUT2D eigenvalue weighted by Crippen LogP contribution is -2.37. The number of H-pyrrole nitrogens is 1. The molecule has 0 aliphatic carbocycles. The van der Waals surface area contributed by atoms with Gasteiger partial charge in [-0.3, -0.25) is 9.78 Å². The van der Waals surface area contributed by atoms with Gasteiger partial charge in [0.05, 0.1) is 36.7 Å². The van der Waals surface area contributed by atoms with Crippen LogP contribution in [0.3, 0.4) is 0 Å². The smallest absolute Gasteiger partial charge is 0.132 e. The Labute approximate surface area is 186 Å². The van der Waals surface area contributed by atoms with Crippen LogP contribution in [0.15, 0.2) is 43.0 Å². The van der Waals surface area contributed by atoms with E-state index in [4.69, 9.17) is 9.47 Å². The topological polar surface area (TPSA) is 94.0 Å². The van der Waals surface area contributed by atoms with Crippen molar-refractivity contribution in [3.05, 3.63) is 43.0 Å². The quantitative estimate of drug-likeness (QED) is 0.448. The van der Waals surface area contributed by atoms with Crippen LogP contribution in [0.2, 0.25) is 0 Å². The van der Waals surface area contributed by atoms with Crippen molar-refractivity contribution in [3.8, 4) is 22.5 Å². The summed E-state index contributed by atoms with van der Waals surface area (Å²) < 4.78 is 12.8. The Balaban J connectivity index is 1.36. The van der Waals surface area contributed by atoms with Crippen LogP contribution in [0, 0.1) is 0 Å². The van der Waals surface area contributed by atoms with Gasteiger partial charge in [-0.2, -0.15) is 10.2 Å². The SMILES string of the molecule is COCCOC1CCN(c2cc(-c3n[nH]c4ccc(-c5cnn(C)c5)cc34)ncn2)CC1. The van der Waals surface area contributed by atoms with E-state index in [-0.39, 0.29) is 6.10 Å². The van der Waals surface area contributed by atoms with Gasteiger partial charge in [-0.25, -0.2) is 9.97 Å². The molecule has 4 heterocycles. The number of methoxy groups -OCH3 is 1. The van der Waals surface area contributed by atoms with Crippen LogP contribution >= 0.6 is 0 Å². The third-order valence-electron chi connectivity index (χ3n) is 5.90. The maximum absolute atomic E-state index is 5.88. The zero-order valence-electron chi connectivity index (χ0n) is 18.4. The summed E-state index contributed by atoms with van der Waals surface area (Å²) in [7, 11) is 3.61. The van der Waals surface area contributed by atoms with Gasteiger partial charge >= 0.3 is 0 Å². The highest BCUT2D eigenvalue weighted by molar-refractivity contribution is 5.95.